The monoisotopic (exact) mass is 380 g/mol. The van der Waals surface area contributed by atoms with Crippen molar-refractivity contribution in [1.29, 1.82) is 0 Å². The van der Waals surface area contributed by atoms with Crippen molar-refractivity contribution < 1.29 is 22.4 Å². The van der Waals surface area contributed by atoms with Gasteiger partial charge >= 0.3 is 6.18 Å². The summed E-state index contributed by atoms with van der Waals surface area (Å²) < 4.78 is 53.1. The number of piperidine rings is 1. The number of likely N-dealkylation sites (tertiary alicyclic amines) is 1. The maximum Gasteiger partial charge on any atom is 0.418 e. The van der Waals surface area contributed by atoms with Crippen LogP contribution in [0.1, 0.15) is 24.0 Å². The quantitative estimate of drug-likeness (QED) is 0.780. The zero-order chi connectivity index (χ0) is 19.4. The van der Waals surface area contributed by atoms with E-state index in [4.69, 9.17) is 0 Å². The van der Waals surface area contributed by atoms with Crippen LogP contribution in [0.25, 0.3) is 0 Å². The Labute approximate surface area is 155 Å². The Hall–Kier alpha value is -2.41. The molecule has 144 valence electrons. The molecule has 1 saturated heterocycles. The van der Waals surface area contributed by atoms with Crippen molar-refractivity contribution in [2.75, 3.05) is 18.4 Å². The van der Waals surface area contributed by atoms with Gasteiger partial charge in [0.1, 0.15) is 5.82 Å². The summed E-state index contributed by atoms with van der Waals surface area (Å²) in [6.07, 6.45) is -3.21. The standard InChI is InChI=1S/C20H20F4N2O/c21-17-9-3-1-6-14(17)12-26-11-5-7-15(13-26)19(27)25-18-10-4-2-8-16(18)20(22,23)24/h1-4,6,8-10,15H,5,7,11-13H2,(H,25,27). The molecule has 0 aliphatic carbocycles. The minimum absolute atomic E-state index is 0.235. The van der Waals surface area contributed by atoms with Gasteiger partial charge in [-0.15, -0.1) is 0 Å². The summed E-state index contributed by atoms with van der Waals surface area (Å²) >= 11 is 0. The molecule has 2 aromatic rings. The first kappa shape index (κ1) is 19.4. The Morgan fingerprint density at radius 2 is 1.81 bits per heavy atom. The number of carbonyl (C=O) groups excluding carboxylic acids is 1. The largest absolute Gasteiger partial charge is 0.418 e. The van der Waals surface area contributed by atoms with Gasteiger partial charge in [-0.3, -0.25) is 9.69 Å². The van der Waals surface area contributed by atoms with Gasteiger partial charge in [-0.25, -0.2) is 4.39 Å². The third-order valence-corrected chi connectivity index (χ3v) is 4.72. The molecule has 27 heavy (non-hydrogen) atoms. The number of alkyl halides is 3. The van der Waals surface area contributed by atoms with Gasteiger partial charge in [-0.05, 0) is 37.6 Å². The van der Waals surface area contributed by atoms with Crippen molar-refractivity contribution in [1.82, 2.24) is 4.90 Å². The van der Waals surface area contributed by atoms with E-state index in [1.165, 1.54) is 24.3 Å². The molecule has 0 aromatic heterocycles. The number of halogens is 4. The Morgan fingerprint density at radius 1 is 1.11 bits per heavy atom. The molecule has 0 saturated carbocycles. The lowest BCUT2D eigenvalue weighted by Crippen LogP contribution is -2.40. The minimum atomic E-state index is -4.53. The number of benzene rings is 2. The fourth-order valence-corrected chi connectivity index (χ4v) is 3.35. The van der Waals surface area contributed by atoms with Crippen LogP contribution in [0.4, 0.5) is 23.2 Å². The average molecular weight is 380 g/mol. The Bertz CT molecular complexity index is 807. The SMILES string of the molecule is O=C(Nc1ccccc1C(F)(F)F)C1CCCN(Cc2ccccc2F)C1. The Balaban J connectivity index is 1.67. The van der Waals surface area contributed by atoms with Gasteiger partial charge in [-0.2, -0.15) is 13.2 Å². The van der Waals surface area contributed by atoms with E-state index in [2.05, 4.69) is 5.32 Å². The highest BCUT2D eigenvalue weighted by atomic mass is 19.4. The van der Waals surface area contributed by atoms with Crippen molar-refractivity contribution in [2.45, 2.75) is 25.6 Å². The molecule has 1 heterocycles. The van der Waals surface area contributed by atoms with E-state index in [-0.39, 0.29) is 11.5 Å². The van der Waals surface area contributed by atoms with Crippen LogP contribution < -0.4 is 5.32 Å². The highest BCUT2D eigenvalue weighted by Crippen LogP contribution is 2.35. The molecule has 7 heteroatoms. The first-order chi connectivity index (χ1) is 12.8. The summed E-state index contributed by atoms with van der Waals surface area (Å²) in [4.78, 5) is 14.5. The Kier molecular flexibility index (Phi) is 5.79. The summed E-state index contributed by atoms with van der Waals surface area (Å²) in [5.41, 5.74) is -0.556. The lowest BCUT2D eigenvalue weighted by atomic mass is 9.96. The van der Waals surface area contributed by atoms with Crippen LogP contribution in [0.2, 0.25) is 0 Å². The lowest BCUT2D eigenvalue weighted by molar-refractivity contribution is -0.137. The third-order valence-electron chi connectivity index (χ3n) is 4.72. The van der Waals surface area contributed by atoms with Crippen LogP contribution in [0.5, 0.6) is 0 Å². The van der Waals surface area contributed by atoms with Crippen molar-refractivity contribution in [3.8, 4) is 0 Å². The molecular formula is C20H20F4N2O. The van der Waals surface area contributed by atoms with Gasteiger partial charge in [0.15, 0.2) is 0 Å². The number of para-hydroxylation sites is 1. The third kappa shape index (κ3) is 4.86. The summed E-state index contributed by atoms with van der Waals surface area (Å²) in [6, 6.07) is 11.4. The average Bonchev–Trinajstić information content (AvgIpc) is 2.63. The Morgan fingerprint density at radius 3 is 2.56 bits per heavy atom. The molecule has 3 nitrogen and oxygen atoms in total. The fraction of sp³-hybridized carbons (Fsp3) is 0.350. The number of nitrogens with zero attached hydrogens (tertiary/aromatic N) is 1. The van der Waals surface area contributed by atoms with Crippen molar-refractivity contribution in [3.63, 3.8) is 0 Å². The molecule has 1 amide bonds. The second-order valence-electron chi connectivity index (χ2n) is 6.70. The first-order valence-electron chi connectivity index (χ1n) is 8.77. The normalized spacial score (nSPS) is 18.3. The van der Waals surface area contributed by atoms with Crippen molar-refractivity contribution in [2.24, 2.45) is 5.92 Å². The summed E-state index contributed by atoms with van der Waals surface area (Å²) in [7, 11) is 0. The molecule has 1 fully saturated rings. The van der Waals surface area contributed by atoms with Gasteiger partial charge in [0.05, 0.1) is 17.2 Å². The van der Waals surface area contributed by atoms with E-state index in [9.17, 15) is 22.4 Å². The maximum atomic E-state index is 13.8. The van der Waals surface area contributed by atoms with E-state index in [0.29, 0.717) is 25.1 Å². The molecule has 2 aromatic carbocycles. The maximum absolute atomic E-state index is 13.8. The van der Waals surface area contributed by atoms with Crippen LogP contribution in [-0.2, 0) is 17.5 Å². The van der Waals surface area contributed by atoms with E-state index < -0.39 is 23.6 Å². The smallest absolute Gasteiger partial charge is 0.325 e. The van der Waals surface area contributed by atoms with Crippen LogP contribution >= 0.6 is 0 Å². The van der Waals surface area contributed by atoms with Crippen LogP contribution in [0.3, 0.4) is 0 Å². The van der Waals surface area contributed by atoms with E-state index in [1.807, 2.05) is 4.90 Å². The molecule has 0 bridgehead atoms. The van der Waals surface area contributed by atoms with Gasteiger partial charge in [0, 0.05) is 18.7 Å². The molecule has 1 unspecified atom stereocenters. The fourth-order valence-electron chi connectivity index (χ4n) is 3.35. The zero-order valence-electron chi connectivity index (χ0n) is 14.6. The number of anilines is 1. The number of hydrogen-bond acceptors (Lipinski definition) is 2. The second kappa shape index (κ2) is 8.08. The molecule has 1 aliphatic rings. The lowest BCUT2D eigenvalue weighted by Gasteiger charge is -2.32. The zero-order valence-corrected chi connectivity index (χ0v) is 14.6. The topological polar surface area (TPSA) is 32.3 Å². The summed E-state index contributed by atoms with van der Waals surface area (Å²) in [6.45, 7) is 1.47. The molecular weight excluding hydrogens is 360 g/mol. The van der Waals surface area contributed by atoms with Gasteiger partial charge in [0.2, 0.25) is 5.91 Å². The summed E-state index contributed by atoms with van der Waals surface area (Å²) in [5, 5.41) is 2.42. The second-order valence-corrected chi connectivity index (χ2v) is 6.70. The van der Waals surface area contributed by atoms with Gasteiger partial charge in [0.25, 0.3) is 0 Å². The van der Waals surface area contributed by atoms with Crippen LogP contribution in [0, 0.1) is 11.7 Å². The molecule has 1 N–H and O–H groups in total. The molecule has 1 atom stereocenters. The van der Waals surface area contributed by atoms with Crippen molar-refractivity contribution >= 4 is 11.6 Å². The molecule has 0 radical (unpaired) electrons. The molecule has 3 rings (SSSR count). The van der Waals surface area contributed by atoms with Crippen molar-refractivity contribution in [3.05, 3.63) is 65.5 Å². The number of nitrogens with one attached hydrogen (secondary N) is 1. The molecule has 0 spiro atoms. The van der Waals surface area contributed by atoms with E-state index >= 15 is 0 Å². The summed E-state index contributed by atoms with van der Waals surface area (Å²) in [5.74, 6) is -1.18. The number of hydrogen-bond donors (Lipinski definition) is 1. The highest BCUT2D eigenvalue weighted by molar-refractivity contribution is 5.93. The van der Waals surface area contributed by atoms with Gasteiger partial charge < -0.3 is 5.32 Å². The van der Waals surface area contributed by atoms with Crippen LogP contribution in [-0.4, -0.2) is 23.9 Å². The first-order valence-corrected chi connectivity index (χ1v) is 8.77. The molecule has 1 aliphatic heterocycles. The predicted molar refractivity (Wildman–Crippen MR) is 94.5 cm³/mol. The van der Waals surface area contributed by atoms with E-state index in [1.54, 1.807) is 18.2 Å². The number of carbonyl (C=O) groups is 1. The highest BCUT2D eigenvalue weighted by Gasteiger charge is 2.34. The number of rotatable bonds is 4. The minimum Gasteiger partial charge on any atom is -0.325 e. The number of amides is 1. The van der Waals surface area contributed by atoms with E-state index in [0.717, 1.165) is 19.0 Å². The predicted octanol–water partition coefficient (Wildman–Crippen LogP) is 4.70. The van der Waals surface area contributed by atoms with Crippen LogP contribution in [0.15, 0.2) is 48.5 Å². The van der Waals surface area contributed by atoms with Gasteiger partial charge in [-0.1, -0.05) is 30.3 Å².